The van der Waals surface area contributed by atoms with E-state index in [1.807, 2.05) is 97.9 Å². The van der Waals surface area contributed by atoms with Gasteiger partial charge in [-0.25, -0.2) is 15.0 Å². The molecule has 0 bridgehead atoms. The lowest BCUT2D eigenvalue weighted by Crippen LogP contribution is -2.13. The van der Waals surface area contributed by atoms with E-state index in [2.05, 4.69) is 51.5 Å². The van der Waals surface area contributed by atoms with E-state index in [0.717, 1.165) is 62.2 Å². The van der Waals surface area contributed by atoms with Gasteiger partial charge in [0, 0.05) is 34.3 Å². The Morgan fingerprint density at radius 2 is 0.656 bits per heavy atom. The highest BCUT2D eigenvalue weighted by Crippen LogP contribution is 2.36. The predicted molar refractivity (Wildman–Crippen MR) is 360 cm³/mol. The third-order valence-electron chi connectivity index (χ3n) is 14.5. The number of halogens is 4. The first-order valence-corrected chi connectivity index (χ1v) is 32.7. The summed E-state index contributed by atoms with van der Waals surface area (Å²) >= 11 is 24.3. The zero-order chi connectivity index (χ0) is 66.5. The van der Waals surface area contributed by atoms with Crippen LogP contribution >= 0.6 is 46.4 Å². The summed E-state index contributed by atoms with van der Waals surface area (Å²) in [6.45, 7) is 15.3. The van der Waals surface area contributed by atoms with Crippen LogP contribution in [0, 0.1) is 55.4 Å². The van der Waals surface area contributed by atoms with E-state index in [-0.39, 0.29) is 46.2 Å². The fourth-order valence-corrected chi connectivity index (χ4v) is 11.7. The molecule has 0 fully saturated rings. The molecule has 2 aromatic heterocycles. The van der Waals surface area contributed by atoms with Crippen LogP contribution in [0.1, 0.15) is 78.9 Å². The summed E-state index contributed by atoms with van der Waals surface area (Å²) in [6.07, 6.45) is 0.601. The molecular weight excluding hydrogens is 1310 g/mol. The van der Waals surface area contributed by atoms with Crippen molar-refractivity contribution in [3.05, 3.63) is 232 Å². The predicted octanol–water partition coefficient (Wildman–Crippen LogP) is 19.6. The molecule has 0 unspecified atom stereocenters. The zero-order valence-electron chi connectivity index (χ0n) is 50.9. The lowest BCUT2D eigenvalue weighted by Gasteiger charge is -2.15. The molecule has 8 aromatic carbocycles. The van der Waals surface area contributed by atoms with E-state index in [4.69, 9.17) is 76.3 Å². The van der Waals surface area contributed by atoms with Gasteiger partial charge < -0.3 is 10.6 Å². The molecule has 93 heavy (non-hydrogen) atoms. The first-order chi connectivity index (χ1) is 44.2. The summed E-state index contributed by atoms with van der Waals surface area (Å²) in [7, 11) is -9.23. The van der Waals surface area contributed by atoms with E-state index in [0.29, 0.717) is 90.8 Å². The number of anilines is 4. The van der Waals surface area contributed by atoms with E-state index < -0.39 is 30.0 Å². The van der Waals surface area contributed by atoms with Gasteiger partial charge in [-0.3, -0.25) is 9.11 Å². The Balaban J connectivity index is 1.01. The van der Waals surface area contributed by atoms with Crippen LogP contribution in [0.5, 0.6) is 0 Å². The van der Waals surface area contributed by atoms with Gasteiger partial charge in [0.2, 0.25) is 11.9 Å². The molecule has 0 atom stereocenters. The summed E-state index contributed by atoms with van der Waals surface area (Å²) in [5.41, 5.74) is 13.5. The third-order valence-corrected chi connectivity index (χ3v) is 17.7. The van der Waals surface area contributed by atoms with Crippen LogP contribution in [0.3, 0.4) is 0 Å². The van der Waals surface area contributed by atoms with Crippen molar-refractivity contribution in [2.75, 3.05) is 10.6 Å². The van der Waals surface area contributed by atoms with E-state index >= 15 is 0 Å². The van der Waals surface area contributed by atoms with E-state index in [9.17, 15) is 25.9 Å². The third kappa shape index (κ3) is 17.3. The molecule has 28 heteroatoms. The van der Waals surface area contributed by atoms with Crippen molar-refractivity contribution in [3.8, 4) is 0 Å². The maximum Gasteiger partial charge on any atom is 0.296 e. The molecule has 0 amide bonds. The molecule has 2 heterocycles. The molecule has 0 saturated carbocycles. The molecule has 22 nitrogen and oxygen atoms in total. The molecule has 10 aromatic rings. The summed E-state index contributed by atoms with van der Waals surface area (Å²) in [5, 5.41) is 43.0. The number of azo groups is 4. The van der Waals surface area contributed by atoms with Gasteiger partial charge >= 0.3 is 0 Å². The maximum atomic E-state index is 12.0. The standard InChI is InChI=1S/C65H56Cl4N16O6S2/c1-34-23-54(82-78-46-13-9-44(66)10-14-46)36(3)21-42(34)29-60-72-61(30-43-22-37(4)55(24-35(43)2)84-80-48-17-19-50(68)58(31-48)92(86,87)88)74-62(73-60)33-63-75-64(70-52-25-40(7)56(27-38(52)5)83-79-47-15-11-45(67)12-16-47)77-65(76-63)71-53-26-41(8)57(28-39(53)6)85-81-49-18-20-51(69)59(32-49)93(89,90)91/h9-28,31-32H,29-30,33H2,1-8H3,(H,86,87,88)(H,89,90,91)(H2,70,71,75,76,77). The van der Waals surface area contributed by atoms with Gasteiger partial charge in [-0.2, -0.15) is 72.7 Å². The molecule has 0 saturated heterocycles. The lowest BCUT2D eigenvalue weighted by molar-refractivity contribution is 0.481. The minimum atomic E-state index is -4.62. The van der Waals surface area contributed by atoms with Gasteiger partial charge in [-0.15, -0.1) is 0 Å². The lowest BCUT2D eigenvalue weighted by atomic mass is 10.00. The van der Waals surface area contributed by atoms with E-state index in [1.54, 1.807) is 54.6 Å². The number of benzene rings is 8. The highest BCUT2D eigenvalue weighted by molar-refractivity contribution is 7.86. The number of aromatic nitrogens is 6. The smallest absolute Gasteiger partial charge is 0.296 e. The molecule has 0 radical (unpaired) electrons. The first-order valence-electron chi connectivity index (χ1n) is 28.3. The van der Waals surface area contributed by atoms with Crippen molar-refractivity contribution in [1.82, 2.24) is 29.9 Å². The largest absolute Gasteiger partial charge is 0.324 e. The molecule has 0 aliphatic heterocycles. The number of nitrogens with one attached hydrogen (secondary N) is 2. The molecule has 0 aliphatic rings. The Morgan fingerprint density at radius 3 is 1.02 bits per heavy atom. The van der Waals surface area contributed by atoms with Crippen LogP contribution in [-0.4, -0.2) is 55.8 Å². The number of rotatable bonds is 20. The van der Waals surface area contributed by atoms with Crippen molar-refractivity contribution in [3.63, 3.8) is 0 Å². The summed E-state index contributed by atoms with van der Waals surface area (Å²) in [4.78, 5) is 29.1. The van der Waals surface area contributed by atoms with Crippen LogP contribution in [-0.2, 0) is 39.5 Å². The monoisotopic (exact) mass is 1360 g/mol. The Labute approximate surface area is 556 Å². The van der Waals surface area contributed by atoms with Gasteiger partial charge in [0.1, 0.15) is 33.1 Å². The topological polar surface area (TPSA) is 309 Å². The second-order valence-electron chi connectivity index (χ2n) is 21.7. The van der Waals surface area contributed by atoms with Crippen molar-refractivity contribution in [2.24, 2.45) is 40.9 Å². The normalized spacial score (nSPS) is 12.1. The van der Waals surface area contributed by atoms with Crippen molar-refractivity contribution in [1.29, 1.82) is 0 Å². The van der Waals surface area contributed by atoms with Crippen LogP contribution in [0.4, 0.5) is 68.8 Å². The van der Waals surface area contributed by atoms with Crippen molar-refractivity contribution < 1.29 is 25.9 Å². The van der Waals surface area contributed by atoms with Crippen molar-refractivity contribution in [2.45, 2.75) is 84.4 Å². The second-order valence-corrected chi connectivity index (χ2v) is 26.2. The average molecular weight is 1360 g/mol. The van der Waals surface area contributed by atoms with Crippen LogP contribution in [0.2, 0.25) is 20.1 Å². The number of nitrogens with zero attached hydrogens (tertiary/aromatic N) is 14. The number of hydrogen-bond donors (Lipinski definition) is 4. The SMILES string of the molecule is Cc1cc(N=Nc2ccc(Cl)cc2)c(C)cc1Cc1nc(Cc2nc(Nc3cc(C)c(N=Nc4ccc(Cl)cc4)cc3C)nc(Nc3cc(C)c(N=Nc4ccc(Cl)c(S(=O)(=O)O)c4)cc3C)n2)nc(Cc2cc(C)c(N=Nc3ccc(Cl)c(S(=O)(=O)O)c3)cc2C)n1. The fourth-order valence-electron chi connectivity index (χ4n) is 9.46. The quantitative estimate of drug-likeness (QED) is 0.0407. The fraction of sp³-hybridized carbons (Fsp3) is 0.169. The van der Waals surface area contributed by atoms with Crippen molar-refractivity contribution >= 4 is 135 Å². The molecule has 0 spiro atoms. The van der Waals surface area contributed by atoms with E-state index in [1.165, 1.54) is 24.3 Å². The van der Waals surface area contributed by atoms with Crippen LogP contribution in [0.25, 0.3) is 0 Å². The molecule has 4 N–H and O–H groups in total. The highest BCUT2D eigenvalue weighted by Gasteiger charge is 2.20. The summed E-state index contributed by atoms with van der Waals surface area (Å²) in [5.74, 6) is 1.95. The van der Waals surface area contributed by atoms with Gasteiger partial charge in [0.05, 0.1) is 62.0 Å². The maximum absolute atomic E-state index is 12.0. The van der Waals surface area contributed by atoms with Gasteiger partial charge in [-0.1, -0.05) is 58.5 Å². The first kappa shape index (κ1) is 66.7. The Morgan fingerprint density at radius 1 is 0.344 bits per heavy atom. The molecule has 472 valence electrons. The number of hydrogen-bond acceptors (Lipinski definition) is 20. The van der Waals surface area contributed by atoms with Gasteiger partial charge in [0.15, 0.2) is 0 Å². The second kappa shape index (κ2) is 28.3. The van der Waals surface area contributed by atoms with Gasteiger partial charge in [-0.05, 0) is 232 Å². The average Bonchev–Trinajstić information content (AvgIpc) is 1.50. The highest BCUT2D eigenvalue weighted by atomic mass is 35.5. The van der Waals surface area contributed by atoms with Gasteiger partial charge in [0.25, 0.3) is 20.2 Å². The molecule has 10 rings (SSSR count). The minimum Gasteiger partial charge on any atom is -0.324 e. The summed E-state index contributed by atoms with van der Waals surface area (Å²) < 4.78 is 67.3. The Kier molecular flexibility index (Phi) is 20.3. The van der Waals surface area contributed by atoms with Crippen LogP contribution < -0.4 is 10.6 Å². The number of aryl methyl sites for hydroxylation is 8. The molecule has 0 aliphatic carbocycles. The Hall–Kier alpha value is -9.24. The van der Waals surface area contributed by atoms with Crippen LogP contribution in [0.15, 0.2) is 184 Å². The minimum absolute atomic E-state index is 0.0150. The molecular formula is C65H56Cl4N16O6S2. The Bertz CT molecular complexity index is 4640. The zero-order valence-corrected chi connectivity index (χ0v) is 55.6. The summed E-state index contributed by atoms with van der Waals surface area (Å²) in [6, 6.07) is 37.3.